The summed E-state index contributed by atoms with van der Waals surface area (Å²) in [5.74, 6) is 0.190. The predicted molar refractivity (Wildman–Crippen MR) is 124 cm³/mol. The Bertz CT molecular complexity index is 845. The second kappa shape index (κ2) is 10.1. The second-order valence-electron chi connectivity index (χ2n) is 8.63. The monoisotopic (exact) mass is 499 g/mol. The van der Waals surface area contributed by atoms with Crippen molar-refractivity contribution in [2.75, 3.05) is 38.5 Å². The number of sulfonamides is 1. The Kier molecular flexibility index (Phi) is 7.98. The highest BCUT2D eigenvalue weighted by molar-refractivity contribution is 9.10. The number of halogens is 1. The zero-order chi connectivity index (χ0) is 21.8. The fourth-order valence-corrected chi connectivity index (χ4v) is 6.83. The normalized spacial score (nSPS) is 20.8. The van der Waals surface area contributed by atoms with Gasteiger partial charge in [-0.2, -0.15) is 4.31 Å². The Balaban J connectivity index is 1.67. The molecule has 1 aromatic rings. The van der Waals surface area contributed by atoms with Crippen molar-refractivity contribution >= 4 is 31.9 Å². The van der Waals surface area contributed by atoms with Gasteiger partial charge in [0.05, 0.1) is 5.75 Å². The molecule has 0 unspecified atom stereocenters. The van der Waals surface area contributed by atoms with Gasteiger partial charge in [-0.1, -0.05) is 42.1 Å². The molecule has 0 aromatic heterocycles. The summed E-state index contributed by atoms with van der Waals surface area (Å²) < 4.78 is 27.5. The molecule has 8 heteroatoms. The summed E-state index contributed by atoms with van der Waals surface area (Å²) in [6.45, 7) is 7.02. The first-order chi connectivity index (χ1) is 14.3. The van der Waals surface area contributed by atoms with E-state index >= 15 is 0 Å². The molecule has 1 saturated heterocycles. The van der Waals surface area contributed by atoms with Crippen LogP contribution >= 0.6 is 15.9 Å². The Labute approximate surface area is 189 Å². The van der Waals surface area contributed by atoms with Crippen molar-refractivity contribution < 1.29 is 13.2 Å². The highest BCUT2D eigenvalue weighted by atomic mass is 79.9. The molecule has 0 bridgehead atoms. The van der Waals surface area contributed by atoms with E-state index in [4.69, 9.17) is 0 Å². The number of nitrogens with zero attached hydrogens (tertiary/aromatic N) is 2. The van der Waals surface area contributed by atoms with Crippen molar-refractivity contribution in [2.24, 2.45) is 0 Å². The van der Waals surface area contributed by atoms with E-state index in [2.05, 4.69) is 26.1 Å². The van der Waals surface area contributed by atoms with Crippen LogP contribution in [0.1, 0.15) is 61.4 Å². The largest absolute Gasteiger partial charge is 0.350 e. The minimum Gasteiger partial charge on any atom is -0.350 e. The molecule has 168 valence electrons. The molecule has 1 amide bonds. The molecule has 0 radical (unpaired) electrons. The summed E-state index contributed by atoms with van der Waals surface area (Å²) in [5.41, 5.74) is 1.59. The van der Waals surface area contributed by atoms with Gasteiger partial charge in [0.15, 0.2) is 0 Å². The lowest BCUT2D eigenvalue weighted by molar-refractivity contribution is 0.0240. The molecule has 30 heavy (non-hydrogen) atoms. The molecule has 2 fully saturated rings. The number of aryl methyl sites for hydroxylation is 1. The number of carbonyl (C=O) groups excluding carboxylic acids is 1. The molecule has 1 N–H and O–H groups in total. The molecule has 3 rings (SSSR count). The highest BCUT2D eigenvalue weighted by Gasteiger charge is 2.40. The van der Waals surface area contributed by atoms with Crippen molar-refractivity contribution in [2.45, 2.75) is 57.9 Å². The molecule has 1 saturated carbocycles. The Morgan fingerprint density at radius 1 is 1.13 bits per heavy atom. The maximum atomic E-state index is 12.9. The first kappa shape index (κ1) is 23.7. The van der Waals surface area contributed by atoms with Crippen LogP contribution in [0.15, 0.2) is 22.7 Å². The topological polar surface area (TPSA) is 69.7 Å². The van der Waals surface area contributed by atoms with Crippen LogP contribution in [0.25, 0.3) is 0 Å². The van der Waals surface area contributed by atoms with Gasteiger partial charge in [-0.25, -0.2) is 8.42 Å². The molecule has 1 aromatic carbocycles. The quantitative estimate of drug-likeness (QED) is 0.622. The zero-order valence-electron chi connectivity index (χ0n) is 18.1. The van der Waals surface area contributed by atoms with Crippen LogP contribution in [0.5, 0.6) is 0 Å². The molecule has 1 heterocycles. The zero-order valence-corrected chi connectivity index (χ0v) is 20.5. The second-order valence-corrected chi connectivity index (χ2v) is 11.6. The highest BCUT2D eigenvalue weighted by Crippen LogP contribution is 2.34. The first-order valence-corrected chi connectivity index (χ1v) is 13.4. The molecule has 2 aliphatic rings. The summed E-state index contributed by atoms with van der Waals surface area (Å²) in [4.78, 5) is 15.3. The average Bonchev–Trinajstić information content (AvgIpc) is 2.73. The predicted octanol–water partition coefficient (Wildman–Crippen LogP) is 3.55. The van der Waals surface area contributed by atoms with Gasteiger partial charge in [0.25, 0.3) is 5.91 Å². The van der Waals surface area contributed by atoms with E-state index in [1.54, 1.807) is 4.31 Å². The van der Waals surface area contributed by atoms with Crippen LogP contribution in [0.3, 0.4) is 0 Å². The minimum absolute atomic E-state index is 0.0332. The number of piperazine rings is 1. The molecule has 0 spiro atoms. The number of carbonyl (C=O) groups is 1. The third-order valence-electron chi connectivity index (χ3n) is 6.56. The molecule has 0 atom stereocenters. The van der Waals surface area contributed by atoms with Crippen molar-refractivity contribution in [3.05, 3.63) is 33.8 Å². The smallest absolute Gasteiger partial charge is 0.251 e. The fourth-order valence-electron chi connectivity index (χ4n) is 4.86. The maximum Gasteiger partial charge on any atom is 0.251 e. The van der Waals surface area contributed by atoms with E-state index in [0.717, 1.165) is 48.8 Å². The third kappa shape index (κ3) is 5.44. The Morgan fingerprint density at radius 2 is 1.80 bits per heavy atom. The molecule has 6 nitrogen and oxygen atoms in total. The Hall–Kier alpha value is -0.960. The summed E-state index contributed by atoms with van der Waals surface area (Å²) >= 11 is 3.45. The van der Waals surface area contributed by atoms with Crippen LogP contribution in [-0.2, 0) is 10.0 Å². The van der Waals surface area contributed by atoms with Gasteiger partial charge < -0.3 is 5.32 Å². The number of hydrogen-bond acceptors (Lipinski definition) is 4. The van der Waals surface area contributed by atoms with Gasteiger partial charge in [-0.05, 0) is 49.9 Å². The van der Waals surface area contributed by atoms with Crippen LogP contribution in [0.2, 0.25) is 0 Å². The SMILES string of the molecule is CCCS(=O)(=O)N1CCN(C2(CNC(=O)c3ccc(Br)cc3C)CCCCC2)CC1. The molecular formula is C22H34BrN3O3S. The van der Waals surface area contributed by atoms with Crippen molar-refractivity contribution in [3.8, 4) is 0 Å². The summed E-state index contributed by atoms with van der Waals surface area (Å²) in [6.07, 6.45) is 6.28. The standard InChI is InChI=1S/C22H34BrN3O3S/c1-3-15-30(28,29)26-13-11-25(12-14-26)22(9-5-4-6-10-22)17-24-21(27)20-8-7-19(23)16-18(20)2/h7-8,16H,3-6,9-15,17H2,1-2H3,(H,24,27). The van der Waals surface area contributed by atoms with Crippen LogP contribution in [0.4, 0.5) is 0 Å². The van der Waals surface area contributed by atoms with Gasteiger partial charge in [-0.15, -0.1) is 0 Å². The Morgan fingerprint density at radius 3 is 2.40 bits per heavy atom. The van der Waals surface area contributed by atoms with E-state index < -0.39 is 10.0 Å². The van der Waals surface area contributed by atoms with Crippen molar-refractivity contribution in [1.29, 1.82) is 0 Å². The maximum absolute atomic E-state index is 12.9. The molecule has 1 aliphatic carbocycles. The number of amides is 1. The number of benzene rings is 1. The van der Waals surface area contributed by atoms with E-state index in [9.17, 15) is 13.2 Å². The van der Waals surface area contributed by atoms with Crippen LogP contribution in [0, 0.1) is 6.92 Å². The van der Waals surface area contributed by atoms with Crippen molar-refractivity contribution in [1.82, 2.24) is 14.5 Å². The van der Waals surface area contributed by atoms with E-state index in [0.29, 0.717) is 31.6 Å². The number of nitrogens with one attached hydrogen (secondary N) is 1. The lowest BCUT2D eigenvalue weighted by Crippen LogP contribution is -2.62. The average molecular weight is 501 g/mol. The van der Waals surface area contributed by atoms with Gasteiger partial charge in [0.1, 0.15) is 0 Å². The van der Waals surface area contributed by atoms with Gasteiger partial charge in [0.2, 0.25) is 10.0 Å². The van der Waals surface area contributed by atoms with E-state index in [-0.39, 0.29) is 17.2 Å². The number of rotatable bonds is 7. The van der Waals surface area contributed by atoms with Crippen LogP contribution < -0.4 is 5.32 Å². The van der Waals surface area contributed by atoms with Crippen LogP contribution in [-0.4, -0.2) is 67.5 Å². The molecule has 1 aliphatic heterocycles. The minimum atomic E-state index is -3.14. The lowest BCUT2D eigenvalue weighted by atomic mass is 9.79. The van der Waals surface area contributed by atoms with E-state index in [1.165, 1.54) is 6.42 Å². The lowest BCUT2D eigenvalue weighted by Gasteiger charge is -2.49. The summed E-state index contributed by atoms with van der Waals surface area (Å²) in [5, 5.41) is 3.20. The van der Waals surface area contributed by atoms with E-state index in [1.807, 2.05) is 32.0 Å². The summed E-state index contributed by atoms with van der Waals surface area (Å²) in [6, 6.07) is 5.72. The van der Waals surface area contributed by atoms with Gasteiger partial charge in [0, 0.05) is 48.3 Å². The fraction of sp³-hybridized carbons (Fsp3) is 0.682. The number of hydrogen-bond donors (Lipinski definition) is 1. The first-order valence-electron chi connectivity index (χ1n) is 11.0. The van der Waals surface area contributed by atoms with Gasteiger partial charge in [-0.3, -0.25) is 9.69 Å². The third-order valence-corrected chi connectivity index (χ3v) is 9.13. The van der Waals surface area contributed by atoms with Crippen molar-refractivity contribution in [3.63, 3.8) is 0 Å². The van der Waals surface area contributed by atoms with Gasteiger partial charge >= 0.3 is 0 Å². The summed E-state index contributed by atoms with van der Waals surface area (Å²) in [7, 11) is -3.14. The molecular weight excluding hydrogens is 466 g/mol.